The minimum absolute atomic E-state index is 0.0984. The van der Waals surface area contributed by atoms with Crippen molar-refractivity contribution in [2.75, 3.05) is 0 Å². The van der Waals surface area contributed by atoms with Crippen molar-refractivity contribution in [1.29, 1.82) is 0 Å². The average Bonchev–Trinajstić information content (AvgIpc) is 2.75. The van der Waals surface area contributed by atoms with Crippen LogP contribution in [-0.4, -0.2) is 30.1 Å². The normalized spacial score (nSPS) is 23.9. The largest absolute Gasteiger partial charge is 0.334 e. The van der Waals surface area contributed by atoms with Gasteiger partial charge in [-0.1, -0.05) is 19.8 Å². The Morgan fingerprint density at radius 2 is 2.15 bits per heavy atom. The van der Waals surface area contributed by atoms with E-state index in [4.69, 9.17) is 5.73 Å². The molecule has 1 heterocycles. The Kier molecular flexibility index (Phi) is 4.82. The Morgan fingerprint density at radius 1 is 1.45 bits per heavy atom. The third-order valence-corrected chi connectivity index (χ3v) is 5.18. The van der Waals surface area contributed by atoms with Gasteiger partial charge in [0.2, 0.25) is 0 Å². The maximum atomic E-state index is 12.4. The summed E-state index contributed by atoms with van der Waals surface area (Å²) < 4.78 is 29.3. The number of nitrogens with two attached hydrogens (primary N) is 1. The molecule has 2 atom stereocenters. The van der Waals surface area contributed by atoms with Crippen molar-refractivity contribution in [3.8, 4) is 0 Å². The molecule has 1 aromatic heterocycles. The lowest BCUT2D eigenvalue weighted by molar-refractivity contribution is 0.361. The molecule has 3 N–H and O–H groups in total. The van der Waals surface area contributed by atoms with Crippen LogP contribution >= 0.6 is 0 Å². The van der Waals surface area contributed by atoms with Crippen LogP contribution in [0.25, 0.3) is 0 Å². The first-order chi connectivity index (χ1) is 9.44. The molecule has 1 aliphatic carbocycles. The Morgan fingerprint density at radius 3 is 2.80 bits per heavy atom. The van der Waals surface area contributed by atoms with E-state index >= 15 is 0 Å². The van der Waals surface area contributed by atoms with E-state index in [1.165, 1.54) is 0 Å². The Balaban J connectivity index is 2.15. The molecule has 0 aromatic carbocycles. The summed E-state index contributed by atoms with van der Waals surface area (Å²) in [4.78, 5) is 4.16. The quantitative estimate of drug-likeness (QED) is 0.853. The van der Waals surface area contributed by atoms with Gasteiger partial charge in [0.15, 0.2) is 5.03 Å². The van der Waals surface area contributed by atoms with Crippen LogP contribution in [0.2, 0.25) is 0 Å². The van der Waals surface area contributed by atoms with E-state index in [-0.39, 0.29) is 17.1 Å². The van der Waals surface area contributed by atoms with E-state index in [0.29, 0.717) is 0 Å². The molecule has 2 rings (SSSR count). The van der Waals surface area contributed by atoms with E-state index in [1.54, 1.807) is 6.20 Å². The van der Waals surface area contributed by atoms with Gasteiger partial charge in [0.1, 0.15) is 5.82 Å². The molecule has 0 amide bonds. The van der Waals surface area contributed by atoms with Gasteiger partial charge in [0, 0.05) is 24.8 Å². The molecule has 20 heavy (non-hydrogen) atoms. The van der Waals surface area contributed by atoms with Crippen molar-refractivity contribution in [2.45, 2.75) is 69.6 Å². The van der Waals surface area contributed by atoms with Crippen LogP contribution in [0.1, 0.15) is 44.9 Å². The molecule has 0 bridgehead atoms. The van der Waals surface area contributed by atoms with Gasteiger partial charge in [-0.2, -0.15) is 0 Å². The first-order valence-electron chi connectivity index (χ1n) is 7.25. The molecule has 114 valence electrons. The summed E-state index contributed by atoms with van der Waals surface area (Å²) >= 11 is 0. The fraction of sp³-hybridized carbons (Fsp3) is 0.769. The fourth-order valence-electron chi connectivity index (χ4n) is 2.64. The van der Waals surface area contributed by atoms with E-state index < -0.39 is 10.0 Å². The van der Waals surface area contributed by atoms with Crippen LogP contribution in [-0.2, 0) is 16.6 Å². The number of sulfonamides is 1. The van der Waals surface area contributed by atoms with Gasteiger partial charge in [0.25, 0.3) is 10.0 Å². The maximum Gasteiger partial charge on any atom is 0.259 e. The molecule has 1 aliphatic rings. The SMILES string of the molecule is CCCn1cc(S(=O)(=O)NC2CCCCC2N)nc1C. The van der Waals surface area contributed by atoms with Crippen LogP contribution in [0.15, 0.2) is 11.2 Å². The fourth-order valence-corrected chi connectivity index (χ4v) is 3.97. The molecular formula is C13H24N4O2S. The highest BCUT2D eigenvalue weighted by Gasteiger charge is 2.28. The van der Waals surface area contributed by atoms with Gasteiger partial charge in [-0.15, -0.1) is 0 Å². The lowest BCUT2D eigenvalue weighted by atomic mass is 9.92. The van der Waals surface area contributed by atoms with Crippen LogP contribution in [0, 0.1) is 6.92 Å². The lowest BCUT2D eigenvalue weighted by Gasteiger charge is -2.28. The molecule has 2 unspecified atom stereocenters. The zero-order chi connectivity index (χ0) is 14.8. The summed E-state index contributed by atoms with van der Waals surface area (Å²) in [5.74, 6) is 0.722. The van der Waals surface area contributed by atoms with E-state index in [0.717, 1.165) is 44.5 Å². The number of rotatable bonds is 5. The monoisotopic (exact) mass is 300 g/mol. The van der Waals surface area contributed by atoms with Gasteiger partial charge in [-0.05, 0) is 26.2 Å². The smallest absolute Gasteiger partial charge is 0.259 e. The van der Waals surface area contributed by atoms with Gasteiger partial charge in [0.05, 0.1) is 0 Å². The highest BCUT2D eigenvalue weighted by Crippen LogP contribution is 2.19. The van der Waals surface area contributed by atoms with E-state index in [1.807, 2.05) is 18.4 Å². The van der Waals surface area contributed by atoms with Gasteiger partial charge in [-0.3, -0.25) is 0 Å². The molecule has 1 aromatic rings. The number of nitrogens with one attached hydrogen (secondary N) is 1. The maximum absolute atomic E-state index is 12.4. The highest BCUT2D eigenvalue weighted by molar-refractivity contribution is 7.89. The number of hydrogen-bond acceptors (Lipinski definition) is 4. The van der Waals surface area contributed by atoms with Crippen molar-refractivity contribution in [3.63, 3.8) is 0 Å². The zero-order valence-electron chi connectivity index (χ0n) is 12.2. The van der Waals surface area contributed by atoms with Crippen LogP contribution in [0.4, 0.5) is 0 Å². The first kappa shape index (κ1) is 15.5. The minimum Gasteiger partial charge on any atom is -0.334 e. The first-order valence-corrected chi connectivity index (χ1v) is 8.74. The van der Waals surface area contributed by atoms with Gasteiger partial charge in [-0.25, -0.2) is 18.1 Å². The Labute approximate surface area is 120 Å². The lowest BCUT2D eigenvalue weighted by Crippen LogP contribution is -2.49. The number of aromatic nitrogens is 2. The molecule has 0 saturated heterocycles. The molecule has 0 aliphatic heterocycles. The Hall–Kier alpha value is -0.920. The van der Waals surface area contributed by atoms with Crippen LogP contribution in [0.5, 0.6) is 0 Å². The molecule has 6 nitrogen and oxygen atoms in total. The van der Waals surface area contributed by atoms with E-state index in [2.05, 4.69) is 9.71 Å². The predicted octanol–water partition coefficient (Wildman–Crippen LogP) is 1.15. The van der Waals surface area contributed by atoms with Gasteiger partial charge >= 0.3 is 0 Å². The van der Waals surface area contributed by atoms with Crippen molar-refractivity contribution >= 4 is 10.0 Å². The topological polar surface area (TPSA) is 90.0 Å². The second kappa shape index (κ2) is 6.24. The summed E-state index contributed by atoms with van der Waals surface area (Å²) in [5, 5.41) is 0.0984. The second-order valence-corrected chi connectivity index (χ2v) is 7.16. The standard InChI is InChI=1S/C13H24N4O2S/c1-3-8-17-9-13(15-10(17)2)20(18,19)16-12-7-5-4-6-11(12)14/h9,11-12,16H,3-8,14H2,1-2H3. The highest BCUT2D eigenvalue weighted by atomic mass is 32.2. The third-order valence-electron chi connectivity index (χ3n) is 3.82. The van der Waals surface area contributed by atoms with Crippen molar-refractivity contribution < 1.29 is 8.42 Å². The zero-order valence-corrected chi connectivity index (χ0v) is 13.0. The summed E-state index contributed by atoms with van der Waals surface area (Å²) in [6, 6.07) is -0.275. The summed E-state index contributed by atoms with van der Waals surface area (Å²) in [6.45, 7) is 4.64. The number of nitrogens with zero attached hydrogens (tertiary/aromatic N) is 2. The van der Waals surface area contributed by atoms with Crippen LogP contribution < -0.4 is 10.5 Å². The molecule has 1 fully saturated rings. The average molecular weight is 300 g/mol. The molecule has 0 spiro atoms. The van der Waals surface area contributed by atoms with Crippen molar-refractivity contribution in [2.24, 2.45) is 5.73 Å². The molecule has 0 radical (unpaired) electrons. The summed E-state index contributed by atoms with van der Waals surface area (Å²) in [5.41, 5.74) is 5.99. The molecular weight excluding hydrogens is 276 g/mol. The number of imidazole rings is 1. The second-order valence-electron chi connectivity index (χ2n) is 5.50. The minimum atomic E-state index is -3.57. The summed E-state index contributed by atoms with van der Waals surface area (Å²) in [7, 11) is -3.57. The van der Waals surface area contributed by atoms with E-state index in [9.17, 15) is 8.42 Å². The van der Waals surface area contributed by atoms with Crippen molar-refractivity contribution in [3.05, 3.63) is 12.0 Å². The van der Waals surface area contributed by atoms with Crippen LogP contribution in [0.3, 0.4) is 0 Å². The summed E-state index contributed by atoms with van der Waals surface area (Å²) in [6.07, 6.45) is 6.31. The number of hydrogen-bond donors (Lipinski definition) is 2. The predicted molar refractivity (Wildman–Crippen MR) is 77.8 cm³/mol. The Bertz CT molecular complexity index is 553. The van der Waals surface area contributed by atoms with Crippen molar-refractivity contribution in [1.82, 2.24) is 14.3 Å². The third kappa shape index (κ3) is 3.39. The van der Waals surface area contributed by atoms with Gasteiger partial charge < -0.3 is 10.3 Å². The molecule has 1 saturated carbocycles. The number of aryl methyl sites for hydroxylation is 2. The molecule has 7 heteroatoms.